The predicted octanol–water partition coefficient (Wildman–Crippen LogP) is 4.72. The molecule has 0 heterocycles. The van der Waals surface area contributed by atoms with Crippen molar-refractivity contribution in [2.24, 2.45) is 0 Å². The van der Waals surface area contributed by atoms with Gasteiger partial charge in [-0.15, -0.1) is 0 Å². The summed E-state index contributed by atoms with van der Waals surface area (Å²) in [6, 6.07) is 14.7. The van der Waals surface area contributed by atoms with Crippen LogP contribution in [0.15, 0.2) is 48.5 Å². The number of sulfonamides is 1. The molecular weight excluding hydrogens is 486 g/mol. The molecule has 1 aliphatic rings. The van der Waals surface area contributed by atoms with Gasteiger partial charge in [0.05, 0.1) is 11.9 Å². The molecule has 1 N–H and O–H groups in total. The van der Waals surface area contributed by atoms with E-state index in [0.29, 0.717) is 18.7 Å². The predicted molar refractivity (Wildman–Crippen MR) is 149 cm³/mol. The molecule has 1 saturated carbocycles. The highest BCUT2D eigenvalue weighted by Crippen LogP contribution is 2.21. The molecule has 0 bridgehead atoms. The Bertz CT molecular complexity index is 1180. The highest BCUT2D eigenvalue weighted by molar-refractivity contribution is 7.92. The Morgan fingerprint density at radius 1 is 1.03 bits per heavy atom. The first-order chi connectivity index (χ1) is 17.6. The van der Waals surface area contributed by atoms with Gasteiger partial charge in [0, 0.05) is 25.6 Å². The fourth-order valence-corrected chi connectivity index (χ4v) is 5.87. The van der Waals surface area contributed by atoms with Crippen molar-refractivity contribution in [2.45, 2.75) is 84.3 Å². The lowest BCUT2D eigenvalue weighted by atomic mass is 9.95. The van der Waals surface area contributed by atoms with Gasteiger partial charge in [-0.3, -0.25) is 13.9 Å². The monoisotopic (exact) mass is 527 g/mol. The first kappa shape index (κ1) is 28.7. The van der Waals surface area contributed by atoms with E-state index < -0.39 is 16.1 Å². The van der Waals surface area contributed by atoms with Crippen LogP contribution in [0.5, 0.6) is 0 Å². The van der Waals surface area contributed by atoms with Crippen molar-refractivity contribution in [3.63, 3.8) is 0 Å². The van der Waals surface area contributed by atoms with Gasteiger partial charge in [0.15, 0.2) is 0 Å². The van der Waals surface area contributed by atoms with E-state index in [1.807, 2.05) is 56.3 Å². The minimum atomic E-state index is -3.51. The Labute approximate surface area is 222 Å². The van der Waals surface area contributed by atoms with Crippen LogP contribution in [0.4, 0.5) is 5.69 Å². The number of rotatable bonds is 11. The lowest BCUT2D eigenvalue weighted by Crippen LogP contribution is -2.50. The van der Waals surface area contributed by atoms with Crippen LogP contribution in [0.25, 0.3) is 0 Å². The van der Waals surface area contributed by atoms with Gasteiger partial charge in [0.25, 0.3) is 0 Å². The van der Waals surface area contributed by atoms with E-state index in [4.69, 9.17) is 0 Å². The SMILES string of the molecule is Cc1cccc(N(CCCC(=O)N(Cc2ccccc2C)[C@@H](C)C(=O)NC2CCCCC2)S(C)(=O)=O)c1. The molecule has 0 saturated heterocycles. The van der Waals surface area contributed by atoms with Gasteiger partial charge in [0.1, 0.15) is 6.04 Å². The van der Waals surface area contributed by atoms with Crippen LogP contribution in [-0.4, -0.2) is 50.0 Å². The summed E-state index contributed by atoms with van der Waals surface area (Å²) < 4.78 is 26.3. The molecule has 8 heteroatoms. The second-order valence-corrected chi connectivity index (χ2v) is 12.2. The van der Waals surface area contributed by atoms with E-state index in [2.05, 4.69) is 5.32 Å². The first-order valence-electron chi connectivity index (χ1n) is 13.2. The van der Waals surface area contributed by atoms with E-state index in [9.17, 15) is 18.0 Å². The van der Waals surface area contributed by atoms with Crippen molar-refractivity contribution in [3.8, 4) is 0 Å². The normalized spacial score (nSPS) is 15.1. The van der Waals surface area contributed by atoms with Crippen molar-refractivity contribution in [1.29, 1.82) is 0 Å². The number of benzene rings is 2. The number of carbonyl (C=O) groups excluding carboxylic acids is 2. The van der Waals surface area contributed by atoms with Crippen LogP contribution in [0.2, 0.25) is 0 Å². The topological polar surface area (TPSA) is 86.8 Å². The molecule has 3 rings (SSSR count). The van der Waals surface area contributed by atoms with Gasteiger partial charge in [0.2, 0.25) is 21.8 Å². The molecule has 2 aromatic carbocycles. The molecular formula is C29H41N3O4S. The summed E-state index contributed by atoms with van der Waals surface area (Å²) in [5.74, 6) is -0.293. The molecule has 2 amide bonds. The minimum absolute atomic E-state index is 0.133. The molecule has 0 radical (unpaired) electrons. The molecule has 0 spiro atoms. The minimum Gasteiger partial charge on any atom is -0.352 e. The van der Waals surface area contributed by atoms with Crippen LogP contribution in [0.1, 0.15) is 68.6 Å². The maximum atomic E-state index is 13.5. The highest BCUT2D eigenvalue weighted by Gasteiger charge is 2.28. The zero-order valence-corrected chi connectivity index (χ0v) is 23.4. The number of amides is 2. The van der Waals surface area contributed by atoms with Crippen molar-refractivity contribution in [3.05, 3.63) is 65.2 Å². The summed E-state index contributed by atoms with van der Waals surface area (Å²) in [6.45, 7) is 6.21. The Hall–Kier alpha value is -2.87. The summed E-state index contributed by atoms with van der Waals surface area (Å²) in [5.41, 5.74) is 3.60. The zero-order chi connectivity index (χ0) is 27.0. The van der Waals surface area contributed by atoms with Crippen LogP contribution >= 0.6 is 0 Å². The second-order valence-electron chi connectivity index (χ2n) is 10.2. The van der Waals surface area contributed by atoms with E-state index >= 15 is 0 Å². The molecule has 1 aliphatic carbocycles. The van der Waals surface area contributed by atoms with Crippen molar-refractivity contribution in [2.75, 3.05) is 17.1 Å². The molecule has 0 aliphatic heterocycles. The average Bonchev–Trinajstić information content (AvgIpc) is 2.85. The van der Waals surface area contributed by atoms with Gasteiger partial charge in [-0.1, -0.05) is 55.7 Å². The van der Waals surface area contributed by atoms with Crippen LogP contribution < -0.4 is 9.62 Å². The summed E-state index contributed by atoms with van der Waals surface area (Å²) in [4.78, 5) is 28.3. The second kappa shape index (κ2) is 13.1. The molecule has 2 aromatic rings. The number of hydrogen-bond donors (Lipinski definition) is 1. The molecule has 0 unspecified atom stereocenters. The van der Waals surface area contributed by atoms with Gasteiger partial charge in [-0.05, 0) is 68.9 Å². The Kier molecular flexibility index (Phi) is 10.1. The van der Waals surface area contributed by atoms with E-state index in [1.54, 1.807) is 17.9 Å². The third kappa shape index (κ3) is 8.32. The van der Waals surface area contributed by atoms with Gasteiger partial charge in [-0.2, -0.15) is 0 Å². The molecule has 37 heavy (non-hydrogen) atoms. The number of carbonyl (C=O) groups is 2. The molecule has 202 valence electrons. The molecule has 7 nitrogen and oxygen atoms in total. The fraction of sp³-hybridized carbons (Fsp3) is 0.517. The van der Waals surface area contributed by atoms with Gasteiger partial charge in [-0.25, -0.2) is 8.42 Å². The Morgan fingerprint density at radius 2 is 1.73 bits per heavy atom. The summed E-state index contributed by atoms with van der Waals surface area (Å²) in [6.07, 6.45) is 7.05. The fourth-order valence-electron chi connectivity index (χ4n) is 4.91. The van der Waals surface area contributed by atoms with E-state index in [1.165, 1.54) is 17.0 Å². The standard InChI is InChI=1S/C29H41N3O4S/c1-22-12-10-17-27(20-22)32(37(4,35)36)19-11-18-28(33)31(21-25-14-9-8-13-23(25)2)24(3)29(34)30-26-15-6-5-7-16-26/h8-10,12-14,17,20,24,26H,5-7,11,15-16,18-19,21H2,1-4H3,(H,30,34)/t24-/m0/s1. The number of nitrogens with one attached hydrogen (secondary N) is 1. The summed E-state index contributed by atoms with van der Waals surface area (Å²) in [7, 11) is -3.51. The summed E-state index contributed by atoms with van der Waals surface area (Å²) >= 11 is 0. The quantitative estimate of drug-likeness (QED) is 0.458. The first-order valence-corrected chi connectivity index (χ1v) is 15.1. The van der Waals surface area contributed by atoms with Gasteiger partial charge < -0.3 is 10.2 Å². The number of hydrogen-bond acceptors (Lipinski definition) is 4. The van der Waals surface area contributed by atoms with Crippen molar-refractivity contribution >= 4 is 27.5 Å². The van der Waals surface area contributed by atoms with E-state index in [0.717, 1.165) is 42.4 Å². The third-order valence-electron chi connectivity index (χ3n) is 7.16. The number of nitrogens with zero attached hydrogens (tertiary/aromatic N) is 2. The van der Waals surface area contributed by atoms with Crippen LogP contribution in [0.3, 0.4) is 0 Å². The van der Waals surface area contributed by atoms with Crippen LogP contribution in [-0.2, 0) is 26.2 Å². The van der Waals surface area contributed by atoms with Gasteiger partial charge >= 0.3 is 0 Å². The zero-order valence-electron chi connectivity index (χ0n) is 22.6. The van der Waals surface area contributed by atoms with Crippen LogP contribution in [0, 0.1) is 13.8 Å². The summed E-state index contributed by atoms with van der Waals surface area (Å²) in [5, 5.41) is 3.15. The maximum Gasteiger partial charge on any atom is 0.242 e. The van der Waals surface area contributed by atoms with Crippen molar-refractivity contribution < 1.29 is 18.0 Å². The molecule has 1 atom stereocenters. The third-order valence-corrected chi connectivity index (χ3v) is 8.36. The lowest BCUT2D eigenvalue weighted by Gasteiger charge is -2.32. The highest BCUT2D eigenvalue weighted by atomic mass is 32.2. The van der Waals surface area contributed by atoms with E-state index in [-0.39, 0.29) is 30.8 Å². The molecule has 1 fully saturated rings. The lowest BCUT2D eigenvalue weighted by molar-refractivity contribution is -0.141. The number of anilines is 1. The smallest absolute Gasteiger partial charge is 0.242 e. The Morgan fingerprint density at radius 3 is 2.38 bits per heavy atom. The van der Waals surface area contributed by atoms with Crippen molar-refractivity contribution in [1.82, 2.24) is 10.2 Å². The maximum absolute atomic E-state index is 13.5. The average molecular weight is 528 g/mol. The Balaban J connectivity index is 1.72. The number of aryl methyl sites for hydroxylation is 2. The molecule has 0 aromatic heterocycles. The largest absolute Gasteiger partial charge is 0.352 e.